The Labute approximate surface area is 115 Å². The maximum atomic E-state index is 3.59. The first kappa shape index (κ1) is 13.5. The SMILES string of the molecule is CCN(CCCI)Cc1ccccc1Br. The fourth-order valence-electron chi connectivity index (χ4n) is 1.50. The molecule has 84 valence electrons. The Hall–Kier alpha value is 0.390. The number of benzene rings is 1. The van der Waals surface area contributed by atoms with Gasteiger partial charge in [-0.05, 0) is 31.1 Å². The van der Waals surface area contributed by atoms with Crippen molar-refractivity contribution < 1.29 is 0 Å². The maximum Gasteiger partial charge on any atom is 0.0244 e. The van der Waals surface area contributed by atoms with E-state index in [1.165, 1.54) is 27.4 Å². The van der Waals surface area contributed by atoms with Crippen molar-refractivity contribution in [2.45, 2.75) is 19.9 Å². The van der Waals surface area contributed by atoms with E-state index >= 15 is 0 Å². The molecule has 3 heteroatoms. The third kappa shape index (κ3) is 4.83. The van der Waals surface area contributed by atoms with Gasteiger partial charge in [0.2, 0.25) is 0 Å². The minimum absolute atomic E-state index is 1.05. The van der Waals surface area contributed by atoms with Gasteiger partial charge in [-0.25, -0.2) is 0 Å². The molecule has 0 fully saturated rings. The molecule has 0 amide bonds. The van der Waals surface area contributed by atoms with Crippen LogP contribution in [0.3, 0.4) is 0 Å². The van der Waals surface area contributed by atoms with Gasteiger partial charge in [-0.1, -0.05) is 63.6 Å². The molecule has 1 rings (SSSR count). The van der Waals surface area contributed by atoms with Crippen LogP contribution in [0.1, 0.15) is 18.9 Å². The summed E-state index contributed by atoms with van der Waals surface area (Å²) >= 11 is 6.03. The van der Waals surface area contributed by atoms with Crippen LogP contribution in [0, 0.1) is 0 Å². The van der Waals surface area contributed by atoms with Gasteiger partial charge in [0, 0.05) is 15.4 Å². The van der Waals surface area contributed by atoms with Crippen LogP contribution in [-0.4, -0.2) is 22.4 Å². The first-order chi connectivity index (χ1) is 7.27. The summed E-state index contributed by atoms with van der Waals surface area (Å²) in [4.78, 5) is 2.48. The Morgan fingerprint density at radius 3 is 2.67 bits per heavy atom. The van der Waals surface area contributed by atoms with Crippen molar-refractivity contribution in [2.24, 2.45) is 0 Å². The summed E-state index contributed by atoms with van der Waals surface area (Å²) in [5.74, 6) is 0. The van der Waals surface area contributed by atoms with Crippen LogP contribution in [0.5, 0.6) is 0 Å². The largest absolute Gasteiger partial charge is 0.299 e. The molecule has 0 radical (unpaired) electrons. The van der Waals surface area contributed by atoms with E-state index in [1.54, 1.807) is 0 Å². The minimum atomic E-state index is 1.05. The molecule has 0 aliphatic heterocycles. The molecule has 0 spiro atoms. The van der Waals surface area contributed by atoms with E-state index in [2.05, 4.69) is 74.6 Å². The number of nitrogens with zero attached hydrogens (tertiary/aromatic N) is 1. The smallest absolute Gasteiger partial charge is 0.0244 e. The average Bonchev–Trinajstić information content (AvgIpc) is 2.26. The van der Waals surface area contributed by atoms with Gasteiger partial charge in [0.1, 0.15) is 0 Å². The highest BCUT2D eigenvalue weighted by molar-refractivity contribution is 14.1. The van der Waals surface area contributed by atoms with Crippen molar-refractivity contribution in [2.75, 3.05) is 17.5 Å². The summed E-state index contributed by atoms with van der Waals surface area (Å²) < 4.78 is 2.46. The topological polar surface area (TPSA) is 3.24 Å². The molecule has 0 saturated carbocycles. The Bertz CT molecular complexity index is 291. The molecular formula is C12H17BrIN. The molecule has 0 atom stereocenters. The van der Waals surface area contributed by atoms with Gasteiger partial charge in [-0.15, -0.1) is 0 Å². The molecule has 0 heterocycles. The molecule has 15 heavy (non-hydrogen) atoms. The second kappa shape index (κ2) is 7.63. The van der Waals surface area contributed by atoms with Gasteiger partial charge in [0.25, 0.3) is 0 Å². The molecule has 1 nitrogen and oxygen atoms in total. The monoisotopic (exact) mass is 381 g/mol. The van der Waals surface area contributed by atoms with E-state index in [4.69, 9.17) is 0 Å². The Balaban J connectivity index is 2.54. The highest BCUT2D eigenvalue weighted by Crippen LogP contribution is 2.17. The standard InChI is InChI=1S/C12H17BrIN/c1-2-15(9-5-8-14)10-11-6-3-4-7-12(11)13/h3-4,6-7H,2,5,8-10H2,1H3. The van der Waals surface area contributed by atoms with Gasteiger partial charge in [0.05, 0.1) is 0 Å². The Morgan fingerprint density at radius 1 is 1.33 bits per heavy atom. The predicted molar refractivity (Wildman–Crippen MR) is 78.6 cm³/mol. The lowest BCUT2D eigenvalue weighted by Crippen LogP contribution is -2.24. The minimum Gasteiger partial charge on any atom is -0.299 e. The van der Waals surface area contributed by atoms with Crippen molar-refractivity contribution >= 4 is 38.5 Å². The third-order valence-electron chi connectivity index (χ3n) is 2.41. The highest BCUT2D eigenvalue weighted by atomic mass is 127. The molecule has 0 unspecified atom stereocenters. The normalized spacial score (nSPS) is 10.9. The molecule has 0 bridgehead atoms. The van der Waals surface area contributed by atoms with E-state index in [1.807, 2.05) is 0 Å². The van der Waals surface area contributed by atoms with Crippen molar-refractivity contribution in [3.8, 4) is 0 Å². The number of alkyl halides is 1. The van der Waals surface area contributed by atoms with Crippen LogP contribution in [-0.2, 0) is 6.54 Å². The van der Waals surface area contributed by atoms with E-state index in [-0.39, 0.29) is 0 Å². The van der Waals surface area contributed by atoms with Crippen LogP contribution >= 0.6 is 38.5 Å². The van der Waals surface area contributed by atoms with Crippen molar-refractivity contribution in [3.63, 3.8) is 0 Å². The van der Waals surface area contributed by atoms with E-state index in [0.29, 0.717) is 0 Å². The summed E-state index contributed by atoms with van der Waals surface area (Å²) in [6.07, 6.45) is 1.28. The molecule has 1 aromatic carbocycles. The zero-order chi connectivity index (χ0) is 11.1. The molecule has 0 aromatic heterocycles. The second-order valence-electron chi connectivity index (χ2n) is 3.50. The fraction of sp³-hybridized carbons (Fsp3) is 0.500. The molecule has 0 aliphatic rings. The van der Waals surface area contributed by atoms with Crippen LogP contribution in [0.4, 0.5) is 0 Å². The molecule has 0 N–H and O–H groups in total. The van der Waals surface area contributed by atoms with Gasteiger partial charge in [-0.3, -0.25) is 4.90 Å². The maximum absolute atomic E-state index is 3.59. The van der Waals surface area contributed by atoms with E-state index in [0.717, 1.165) is 13.1 Å². The summed E-state index contributed by atoms with van der Waals surface area (Å²) in [6, 6.07) is 8.47. The Morgan fingerprint density at radius 2 is 2.07 bits per heavy atom. The van der Waals surface area contributed by atoms with Crippen molar-refractivity contribution in [1.29, 1.82) is 0 Å². The summed E-state index contributed by atoms with van der Waals surface area (Å²) in [5, 5.41) is 0. The molecule has 0 saturated heterocycles. The lowest BCUT2D eigenvalue weighted by Gasteiger charge is -2.20. The lowest BCUT2D eigenvalue weighted by atomic mass is 10.2. The fourth-order valence-corrected chi connectivity index (χ4v) is 2.25. The first-order valence-corrected chi connectivity index (χ1v) is 7.61. The zero-order valence-electron chi connectivity index (χ0n) is 9.05. The average molecular weight is 382 g/mol. The van der Waals surface area contributed by atoms with E-state index in [9.17, 15) is 0 Å². The zero-order valence-corrected chi connectivity index (χ0v) is 12.8. The van der Waals surface area contributed by atoms with Crippen LogP contribution in [0.2, 0.25) is 0 Å². The number of halogens is 2. The van der Waals surface area contributed by atoms with Crippen LogP contribution in [0.25, 0.3) is 0 Å². The van der Waals surface area contributed by atoms with Gasteiger partial charge < -0.3 is 0 Å². The lowest BCUT2D eigenvalue weighted by molar-refractivity contribution is 0.281. The molecule has 0 aliphatic carbocycles. The van der Waals surface area contributed by atoms with Crippen LogP contribution < -0.4 is 0 Å². The van der Waals surface area contributed by atoms with Gasteiger partial charge in [-0.2, -0.15) is 0 Å². The number of hydrogen-bond acceptors (Lipinski definition) is 1. The second-order valence-corrected chi connectivity index (χ2v) is 5.44. The first-order valence-electron chi connectivity index (χ1n) is 5.29. The summed E-state index contributed by atoms with van der Waals surface area (Å²) in [6.45, 7) is 5.59. The van der Waals surface area contributed by atoms with Crippen molar-refractivity contribution in [3.05, 3.63) is 34.3 Å². The molecular weight excluding hydrogens is 365 g/mol. The summed E-state index contributed by atoms with van der Waals surface area (Å²) in [7, 11) is 0. The third-order valence-corrected chi connectivity index (χ3v) is 3.94. The highest BCUT2D eigenvalue weighted by Gasteiger charge is 2.05. The van der Waals surface area contributed by atoms with Crippen LogP contribution in [0.15, 0.2) is 28.7 Å². The van der Waals surface area contributed by atoms with Crippen molar-refractivity contribution in [1.82, 2.24) is 4.90 Å². The number of hydrogen-bond donors (Lipinski definition) is 0. The number of rotatable bonds is 6. The summed E-state index contributed by atoms with van der Waals surface area (Å²) in [5.41, 5.74) is 1.38. The molecule has 1 aromatic rings. The van der Waals surface area contributed by atoms with E-state index < -0.39 is 0 Å². The predicted octanol–water partition coefficient (Wildman–Crippen LogP) is 4.10. The van der Waals surface area contributed by atoms with Gasteiger partial charge >= 0.3 is 0 Å². The Kier molecular flexibility index (Phi) is 6.84. The quantitative estimate of drug-likeness (QED) is 0.529. The van der Waals surface area contributed by atoms with Gasteiger partial charge in [0.15, 0.2) is 0 Å².